The number of hydrazone groups is 1. The minimum atomic E-state index is -3.64. The normalized spacial score (nSPS) is 42.8. The number of rotatable bonds is 3. The molecule has 6 heteroatoms. The van der Waals surface area contributed by atoms with E-state index in [9.17, 15) is 13.5 Å². The number of hydrogen-bond acceptors (Lipinski definition) is 4. The second-order valence-electron chi connectivity index (χ2n) is 11.5. The number of aryl methyl sites for hydroxylation is 1. The fourth-order valence-electron chi connectivity index (χ4n) is 8.09. The highest BCUT2D eigenvalue weighted by Gasteiger charge is 2.59. The third-order valence-corrected chi connectivity index (χ3v) is 11.2. The Kier molecular flexibility index (Phi) is 5.48. The van der Waals surface area contributed by atoms with E-state index in [0.29, 0.717) is 23.2 Å². The third-order valence-electron chi connectivity index (χ3n) is 10.0. The molecule has 0 amide bonds. The van der Waals surface area contributed by atoms with Crippen molar-refractivity contribution in [1.29, 1.82) is 0 Å². The summed E-state index contributed by atoms with van der Waals surface area (Å²) < 4.78 is 25.6. The summed E-state index contributed by atoms with van der Waals surface area (Å²) in [6.07, 6.45) is 9.76. The molecule has 1 aromatic carbocycles. The molecule has 1 aromatic rings. The summed E-state index contributed by atoms with van der Waals surface area (Å²) in [5.41, 5.74) is 2.43. The molecule has 7 atom stereocenters. The molecule has 4 saturated carbocycles. The van der Waals surface area contributed by atoms with E-state index in [1.165, 1.54) is 19.3 Å². The van der Waals surface area contributed by atoms with Crippen LogP contribution in [0, 0.1) is 41.4 Å². The van der Waals surface area contributed by atoms with Crippen LogP contribution in [-0.2, 0) is 10.0 Å². The molecule has 0 aliphatic heterocycles. The molecule has 4 aliphatic rings. The van der Waals surface area contributed by atoms with Gasteiger partial charge in [-0.3, -0.25) is 0 Å². The minimum absolute atomic E-state index is 0.00562. The van der Waals surface area contributed by atoms with Crippen molar-refractivity contribution < 1.29 is 13.5 Å². The van der Waals surface area contributed by atoms with Gasteiger partial charge in [0, 0.05) is 11.1 Å². The molecule has 4 unspecified atom stereocenters. The molecule has 4 aliphatic carbocycles. The molecular formula is C26H38N2O3S. The lowest BCUT2D eigenvalue weighted by molar-refractivity contribution is -0.113. The number of fused-ring (bicyclic) bond motifs is 5. The number of hydrogen-bond donors (Lipinski definition) is 2. The van der Waals surface area contributed by atoms with Gasteiger partial charge in [0.05, 0.1) is 11.0 Å². The number of sulfonamides is 1. The first-order valence-corrected chi connectivity index (χ1v) is 14.0. The van der Waals surface area contributed by atoms with Crippen LogP contribution in [0.15, 0.2) is 34.3 Å². The first-order valence-electron chi connectivity index (χ1n) is 12.5. The first kappa shape index (κ1) is 22.4. The number of nitrogens with one attached hydrogen (secondary N) is 1. The second-order valence-corrected chi connectivity index (χ2v) is 13.2. The van der Waals surface area contributed by atoms with Crippen LogP contribution in [0.3, 0.4) is 0 Å². The fraction of sp³-hybridized carbons (Fsp3) is 0.731. The van der Waals surface area contributed by atoms with Crippen LogP contribution in [0.1, 0.15) is 77.2 Å². The third kappa shape index (κ3) is 3.53. The van der Waals surface area contributed by atoms with E-state index in [0.717, 1.165) is 55.7 Å². The van der Waals surface area contributed by atoms with Crippen molar-refractivity contribution in [2.24, 2.45) is 39.6 Å². The lowest BCUT2D eigenvalue weighted by Crippen LogP contribution is -2.54. The molecule has 5 nitrogen and oxygen atoms in total. The number of aliphatic hydroxyl groups excluding tert-OH is 1. The SMILES string of the molecule is Cc1ccc(S(=O)(=O)N/N=C2\CCC3C4CCC5C[C@H](O)CC[C@]5(C)C4CC[C@]23C)cc1. The number of aliphatic hydroxyl groups is 1. The molecule has 176 valence electrons. The summed E-state index contributed by atoms with van der Waals surface area (Å²) in [6, 6.07) is 6.92. The molecule has 0 radical (unpaired) electrons. The van der Waals surface area contributed by atoms with Gasteiger partial charge in [-0.05, 0) is 106 Å². The van der Waals surface area contributed by atoms with Crippen molar-refractivity contribution in [1.82, 2.24) is 4.83 Å². The van der Waals surface area contributed by atoms with Crippen LogP contribution >= 0.6 is 0 Å². The van der Waals surface area contributed by atoms with Gasteiger partial charge in [-0.25, -0.2) is 4.83 Å². The Morgan fingerprint density at radius 2 is 1.75 bits per heavy atom. The predicted octanol–water partition coefficient (Wildman–Crippen LogP) is 5.03. The van der Waals surface area contributed by atoms with E-state index in [1.54, 1.807) is 12.1 Å². The molecule has 2 N–H and O–H groups in total. The van der Waals surface area contributed by atoms with Gasteiger partial charge in [0.1, 0.15) is 0 Å². The number of nitrogens with zero attached hydrogens (tertiary/aromatic N) is 1. The van der Waals surface area contributed by atoms with Crippen molar-refractivity contribution in [2.75, 3.05) is 0 Å². The van der Waals surface area contributed by atoms with Crippen LogP contribution < -0.4 is 4.83 Å². The zero-order valence-corrected chi connectivity index (χ0v) is 20.5. The van der Waals surface area contributed by atoms with Crippen LogP contribution in [0.25, 0.3) is 0 Å². The molecule has 5 rings (SSSR count). The molecule has 0 aromatic heterocycles. The highest BCUT2D eigenvalue weighted by atomic mass is 32.2. The van der Waals surface area contributed by atoms with Gasteiger partial charge < -0.3 is 5.11 Å². The predicted molar refractivity (Wildman–Crippen MR) is 127 cm³/mol. The standard InChI is InChI=1S/C26H38N2O3S/c1-17-4-7-20(8-5-17)32(30,31)28-27-24-11-10-22-21-9-6-18-16-19(29)12-14-25(18,2)23(21)13-15-26(22,24)3/h4-5,7-8,18-19,21-23,28-29H,6,9-16H2,1-3H3/b27-24+/t18?,19-,21?,22?,23?,25+,26+/m1/s1. The summed E-state index contributed by atoms with van der Waals surface area (Å²) in [7, 11) is -3.64. The fourth-order valence-corrected chi connectivity index (χ4v) is 8.92. The van der Waals surface area contributed by atoms with Crippen molar-refractivity contribution in [3.8, 4) is 0 Å². The van der Waals surface area contributed by atoms with E-state index < -0.39 is 10.0 Å². The van der Waals surface area contributed by atoms with Crippen molar-refractivity contribution in [3.05, 3.63) is 29.8 Å². The molecule has 32 heavy (non-hydrogen) atoms. The topological polar surface area (TPSA) is 78.8 Å². The van der Waals surface area contributed by atoms with Gasteiger partial charge in [0.25, 0.3) is 10.0 Å². The van der Waals surface area contributed by atoms with Gasteiger partial charge in [-0.2, -0.15) is 13.5 Å². The van der Waals surface area contributed by atoms with Crippen LogP contribution in [-0.4, -0.2) is 25.3 Å². The highest BCUT2D eigenvalue weighted by molar-refractivity contribution is 7.89. The summed E-state index contributed by atoms with van der Waals surface area (Å²) in [5, 5.41) is 14.8. The Hall–Kier alpha value is -1.40. The highest BCUT2D eigenvalue weighted by Crippen LogP contribution is 2.65. The van der Waals surface area contributed by atoms with Gasteiger partial charge in [0.15, 0.2) is 0 Å². The maximum Gasteiger partial charge on any atom is 0.276 e. The molecule has 0 heterocycles. The molecule has 0 bridgehead atoms. The molecular weight excluding hydrogens is 420 g/mol. The first-order chi connectivity index (χ1) is 15.1. The van der Waals surface area contributed by atoms with E-state index in [1.807, 2.05) is 19.1 Å². The Bertz CT molecular complexity index is 1000. The van der Waals surface area contributed by atoms with Gasteiger partial charge in [-0.1, -0.05) is 31.5 Å². The lowest BCUT2D eigenvalue weighted by atomic mass is 9.45. The summed E-state index contributed by atoms with van der Waals surface area (Å²) in [6.45, 7) is 6.78. The Morgan fingerprint density at radius 1 is 1.00 bits per heavy atom. The number of benzene rings is 1. The second kappa shape index (κ2) is 7.83. The zero-order chi connectivity index (χ0) is 22.7. The van der Waals surface area contributed by atoms with E-state index in [-0.39, 0.29) is 16.4 Å². The van der Waals surface area contributed by atoms with Crippen molar-refractivity contribution in [2.45, 2.75) is 89.6 Å². The zero-order valence-electron chi connectivity index (χ0n) is 19.7. The minimum Gasteiger partial charge on any atom is -0.393 e. The lowest BCUT2D eigenvalue weighted by Gasteiger charge is -2.60. The summed E-state index contributed by atoms with van der Waals surface area (Å²) >= 11 is 0. The Morgan fingerprint density at radius 3 is 2.50 bits per heavy atom. The summed E-state index contributed by atoms with van der Waals surface area (Å²) in [5.74, 6) is 2.68. The van der Waals surface area contributed by atoms with Crippen molar-refractivity contribution >= 4 is 15.7 Å². The average Bonchev–Trinajstić information content (AvgIpc) is 3.09. The van der Waals surface area contributed by atoms with Crippen LogP contribution in [0.5, 0.6) is 0 Å². The molecule has 4 fully saturated rings. The maximum atomic E-state index is 12.8. The quantitative estimate of drug-likeness (QED) is 0.623. The molecule has 0 saturated heterocycles. The monoisotopic (exact) mass is 458 g/mol. The van der Waals surface area contributed by atoms with Crippen LogP contribution in [0.4, 0.5) is 0 Å². The van der Waals surface area contributed by atoms with E-state index >= 15 is 0 Å². The maximum absolute atomic E-state index is 12.8. The van der Waals surface area contributed by atoms with E-state index in [4.69, 9.17) is 0 Å². The molecule has 0 spiro atoms. The Balaban J connectivity index is 1.35. The summed E-state index contributed by atoms with van der Waals surface area (Å²) in [4.78, 5) is 2.82. The van der Waals surface area contributed by atoms with Gasteiger partial charge in [-0.15, -0.1) is 0 Å². The smallest absolute Gasteiger partial charge is 0.276 e. The average molecular weight is 459 g/mol. The van der Waals surface area contributed by atoms with E-state index in [2.05, 4.69) is 23.8 Å². The van der Waals surface area contributed by atoms with Gasteiger partial charge >= 0.3 is 0 Å². The van der Waals surface area contributed by atoms with Crippen molar-refractivity contribution in [3.63, 3.8) is 0 Å². The van der Waals surface area contributed by atoms with Crippen LogP contribution in [0.2, 0.25) is 0 Å². The van der Waals surface area contributed by atoms with Gasteiger partial charge in [0.2, 0.25) is 0 Å². The Labute approximate surface area is 193 Å². The largest absolute Gasteiger partial charge is 0.393 e.